The number of benzene rings is 3. The average molecular weight is 411 g/mol. The number of aromatic nitrogens is 1. The van der Waals surface area contributed by atoms with Gasteiger partial charge >= 0.3 is 5.63 Å². The Labute approximate surface area is 176 Å². The van der Waals surface area contributed by atoms with Crippen molar-refractivity contribution in [3.8, 4) is 16.3 Å². The van der Waals surface area contributed by atoms with Crippen LogP contribution in [0.2, 0.25) is 0 Å². The molecular formula is C25H17NO3S. The number of hydrogen-bond donors (Lipinski definition) is 0. The second-order valence-corrected chi connectivity index (χ2v) is 7.90. The molecule has 146 valence electrons. The van der Waals surface area contributed by atoms with E-state index in [2.05, 4.69) is 11.6 Å². The van der Waals surface area contributed by atoms with Gasteiger partial charge in [0, 0.05) is 11.5 Å². The van der Waals surface area contributed by atoms with Crippen LogP contribution >= 0.6 is 11.3 Å². The highest BCUT2D eigenvalue weighted by Crippen LogP contribution is 2.30. The molecule has 0 N–H and O–H groups in total. The Hall–Kier alpha value is -3.70. The maximum absolute atomic E-state index is 12.6. The van der Waals surface area contributed by atoms with E-state index in [0.29, 0.717) is 28.5 Å². The predicted octanol–water partition coefficient (Wildman–Crippen LogP) is 6.29. The molecule has 0 aliphatic carbocycles. The van der Waals surface area contributed by atoms with Crippen LogP contribution < -0.4 is 10.4 Å². The number of rotatable bonds is 5. The molecule has 2 heterocycles. The van der Waals surface area contributed by atoms with Gasteiger partial charge in [-0.1, -0.05) is 49.1 Å². The Morgan fingerprint density at radius 2 is 1.87 bits per heavy atom. The van der Waals surface area contributed by atoms with Crippen LogP contribution in [0.3, 0.4) is 0 Å². The van der Waals surface area contributed by atoms with Gasteiger partial charge in [0.05, 0.1) is 15.8 Å². The Balaban J connectivity index is 1.43. The first-order valence-corrected chi connectivity index (χ1v) is 10.3. The quantitative estimate of drug-likeness (QED) is 0.319. The van der Waals surface area contributed by atoms with Crippen molar-refractivity contribution in [1.82, 2.24) is 4.98 Å². The lowest BCUT2D eigenvalue weighted by atomic mass is 10.1. The van der Waals surface area contributed by atoms with Gasteiger partial charge in [-0.15, -0.1) is 11.3 Å². The van der Waals surface area contributed by atoms with Gasteiger partial charge in [-0.2, -0.15) is 0 Å². The minimum Gasteiger partial charge on any atom is -0.489 e. The van der Waals surface area contributed by atoms with E-state index in [1.165, 1.54) is 11.3 Å². The lowest BCUT2D eigenvalue weighted by Gasteiger charge is -2.08. The summed E-state index contributed by atoms with van der Waals surface area (Å²) in [4.78, 5) is 17.2. The third kappa shape index (κ3) is 3.51. The number of hydrogen-bond acceptors (Lipinski definition) is 5. The molecule has 2 aromatic heterocycles. The van der Waals surface area contributed by atoms with Gasteiger partial charge in [-0.05, 0) is 41.5 Å². The molecular weight excluding hydrogens is 394 g/mol. The van der Waals surface area contributed by atoms with Crippen LogP contribution in [0.25, 0.3) is 37.8 Å². The smallest absolute Gasteiger partial charge is 0.346 e. The van der Waals surface area contributed by atoms with Gasteiger partial charge in [-0.25, -0.2) is 9.78 Å². The number of para-hydroxylation sites is 1. The standard InChI is InChI=1S/C25H17NO3S/c1-2-16-7-9-17(10-8-16)15-28-19-12-11-18-13-20(25(27)29-22(18)14-19)24-26-21-5-3-4-6-23(21)30-24/h2-14H,1,15H2. The highest BCUT2D eigenvalue weighted by atomic mass is 32.1. The SMILES string of the molecule is C=Cc1ccc(COc2ccc3cc(-c4nc5ccccc5s4)c(=O)oc3c2)cc1. The zero-order valence-corrected chi connectivity index (χ0v) is 16.8. The first kappa shape index (κ1) is 18.3. The van der Waals surface area contributed by atoms with Crippen molar-refractivity contribution < 1.29 is 9.15 Å². The summed E-state index contributed by atoms with van der Waals surface area (Å²) in [6, 6.07) is 23.2. The van der Waals surface area contributed by atoms with Crippen molar-refractivity contribution in [2.75, 3.05) is 0 Å². The molecule has 0 spiro atoms. The molecule has 0 bridgehead atoms. The zero-order valence-electron chi connectivity index (χ0n) is 16.0. The first-order chi connectivity index (χ1) is 14.7. The summed E-state index contributed by atoms with van der Waals surface area (Å²) in [6.45, 7) is 4.18. The van der Waals surface area contributed by atoms with E-state index in [1.807, 2.05) is 66.7 Å². The maximum atomic E-state index is 12.6. The molecule has 0 radical (unpaired) electrons. The van der Waals surface area contributed by atoms with E-state index in [-0.39, 0.29) is 0 Å². The summed E-state index contributed by atoms with van der Waals surface area (Å²) in [5, 5.41) is 1.49. The van der Waals surface area contributed by atoms with E-state index < -0.39 is 5.63 Å². The van der Waals surface area contributed by atoms with E-state index in [4.69, 9.17) is 9.15 Å². The lowest BCUT2D eigenvalue weighted by molar-refractivity contribution is 0.306. The molecule has 0 aliphatic heterocycles. The van der Waals surface area contributed by atoms with Crippen molar-refractivity contribution in [3.05, 3.63) is 101 Å². The van der Waals surface area contributed by atoms with Crippen LogP contribution in [0, 0.1) is 0 Å². The summed E-state index contributed by atoms with van der Waals surface area (Å²) >= 11 is 1.48. The molecule has 5 rings (SSSR count). The van der Waals surface area contributed by atoms with E-state index >= 15 is 0 Å². The number of thiazole rings is 1. The van der Waals surface area contributed by atoms with Gasteiger partial charge in [-0.3, -0.25) is 0 Å². The van der Waals surface area contributed by atoms with Crippen LogP contribution in [-0.2, 0) is 6.61 Å². The van der Waals surface area contributed by atoms with Crippen LogP contribution in [0.15, 0.2) is 88.6 Å². The minimum atomic E-state index is -0.404. The Bertz CT molecular complexity index is 1400. The average Bonchev–Trinajstić information content (AvgIpc) is 3.21. The summed E-state index contributed by atoms with van der Waals surface area (Å²) < 4.78 is 12.5. The van der Waals surface area contributed by atoms with Crippen molar-refractivity contribution in [3.63, 3.8) is 0 Å². The molecule has 30 heavy (non-hydrogen) atoms. The van der Waals surface area contributed by atoms with Gasteiger partial charge in [0.15, 0.2) is 0 Å². The Morgan fingerprint density at radius 1 is 1.03 bits per heavy atom. The van der Waals surface area contributed by atoms with Gasteiger partial charge in [0.25, 0.3) is 0 Å². The summed E-state index contributed by atoms with van der Waals surface area (Å²) in [7, 11) is 0. The van der Waals surface area contributed by atoms with Gasteiger partial charge in [0.2, 0.25) is 0 Å². The van der Waals surface area contributed by atoms with Crippen molar-refractivity contribution >= 4 is 38.6 Å². The second kappa shape index (κ2) is 7.61. The fourth-order valence-electron chi connectivity index (χ4n) is 3.23. The molecule has 0 amide bonds. The molecule has 0 fully saturated rings. The Kier molecular flexibility index (Phi) is 4.65. The third-order valence-corrected chi connectivity index (χ3v) is 5.92. The highest BCUT2D eigenvalue weighted by Gasteiger charge is 2.13. The lowest BCUT2D eigenvalue weighted by Crippen LogP contribution is -2.02. The summed E-state index contributed by atoms with van der Waals surface area (Å²) in [6.07, 6.45) is 1.80. The number of fused-ring (bicyclic) bond motifs is 2. The van der Waals surface area contributed by atoms with Crippen molar-refractivity contribution in [1.29, 1.82) is 0 Å². The molecule has 3 aromatic carbocycles. The van der Waals surface area contributed by atoms with E-state index in [1.54, 1.807) is 12.1 Å². The third-order valence-electron chi connectivity index (χ3n) is 4.85. The van der Waals surface area contributed by atoms with Crippen molar-refractivity contribution in [2.24, 2.45) is 0 Å². The monoisotopic (exact) mass is 411 g/mol. The summed E-state index contributed by atoms with van der Waals surface area (Å²) in [5.74, 6) is 0.645. The number of nitrogens with zero attached hydrogens (tertiary/aromatic N) is 1. The normalized spacial score (nSPS) is 11.1. The predicted molar refractivity (Wildman–Crippen MR) is 122 cm³/mol. The van der Waals surface area contributed by atoms with Gasteiger partial charge < -0.3 is 9.15 Å². The molecule has 0 saturated heterocycles. The molecule has 5 heteroatoms. The zero-order chi connectivity index (χ0) is 20.5. The minimum absolute atomic E-state index is 0.404. The fourth-order valence-corrected chi connectivity index (χ4v) is 4.20. The van der Waals surface area contributed by atoms with Crippen LogP contribution in [-0.4, -0.2) is 4.98 Å². The van der Waals surface area contributed by atoms with Crippen LogP contribution in [0.4, 0.5) is 0 Å². The van der Waals surface area contributed by atoms with Crippen LogP contribution in [0.1, 0.15) is 11.1 Å². The van der Waals surface area contributed by atoms with Crippen molar-refractivity contribution in [2.45, 2.75) is 6.61 Å². The summed E-state index contributed by atoms with van der Waals surface area (Å²) in [5.41, 5.74) is 3.55. The molecule has 0 unspecified atom stereocenters. The van der Waals surface area contributed by atoms with Crippen LogP contribution in [0.5, 0.6) is 5.75 Å². The topological polar surface area (TPSA) is 52.3 Å². The maximum Gasteiger partial charge on any atom is 0.346 e. The second-order valence-electron chi connectivity index (χ2n) is 6.87. The Morgan fingerprint density at radius 3 is 2.67 bits per heavy atom. The first-order valence-electron chi connectivity index (χ1n) is 9.48. The molecule has 0 aliphatic rings. The van der Waals surface area contributed by atoms with E-state index in [9.17, 15) is 4.79 Å². The fraction of sp³-hybridized carbons (Fsp3) is 0.0400. The number of ether oxygens (including phenoxy) is 1. The highest BCUT2D eigenvalue weighted by molar-refractivity contribution is 7.21. The van der Waals surface area contributed by atoms with Gasteiger partial charge in [0.1, 0.15) is 22.9 Å². The largest absolute Gasteiger partial charge is 0.489 e. The van der Waals surface area contributed by atoms with E-state index in [0.717, 1.165) is 26.7 Å². The molecule has 0 atom stereocenters. The molecule has 0 saturated carbocycles. The molecule has 5 aromatic rings. The molecule has 4 nitrogen and oxygen atoms in total.